The second kappa shape index (κ2) is 8.01. The molecule has 0 aliphatic heterocycles. The Hall–Kier alpha value is -3.52. The molecule has 0 fully saturated rings. The number of fused-ring (bicyclic) bond motifs is 2. The highest BCUT2D eigenvalue weighted by atomic mass is 16.5. The maximum atomic E-state index is 6.00. The summed E-state index contributed by atoms with van der Waals surface area (Å²) in [6.45, 7) is 3.89. The van der Waals surface area contributed by atoms with Crippen LogP contribution in [-0.4, -0.2) is 0 Å². The number of ether oxygens (including phenoxy) is 2. The summed E-state index contributed by atoms with van der Waals surface area (Å²) in [5, 5.41) is 4.59. The monoisotopic (exact) mass is 366 g/mol. The van der Waals surface area contributed by atoms with Crippen molar-refractivity contribution in [2.24, 2.45) is 0 Å². The van der Waals surface area contributed by atoms with Gasteiger partial charge in [-0.1, -0.05) is 72.8 Å². The minimum atomic E-state index is 0.804. The van der Waals surface area contributed by atoms with Crippen molar-refractivity contribution in [1.29, 1.82) is 0 Å². The third kappa shape index (κ3) is 3.25. The van der Waals surface area contributed by atoms with E-state index in [2.05, 4.69) is 60.7 Å². The predicted molar refractivity (Wildman–Crippen MR) is 118 cm³/mol. The van der Waals surface area contributed by atoms with Crippen LogP contribution in [0.1, 0.15) is 13.8 Å². The van der Waals surface area contributed by atoms with Crippen LogP contribution in [0.3, 0.4) is 0 Å². The van der Waals surface area contributed by atoms with Gasteiger partial charge in [0.15, 0.2) is 0 Å². The zero-order valence-corrected chi connectivity index (χ0v) is 16.1. The van der Waals surface area contributed by atoms with E-state index in [0.717, 1.165) is 44.2 Å². The van der Waals surface area contributed by atoms with Crippen molar-refractivity contribution in [3.05, 3.63) is 97.5 Å². The van der Waals surface area contributed by atoms with Crippen LogP contribution in [0, 0.1) is 0 Å². The molecule has 0 atom stereocenters. The van der Waals surface area contributed by atoms with Crippen molar-refractivity contribution in [3.63, 3.8) is 0 Å². The maximum absolute atomic E-state index is 6.00. The molecule has 0 aliphatic rings. The van der Waals surface area contributed by atoms with Gasteiger partial charge in [0.1, 0.15) is 11.5 Å². The Morgan fingerprint density at radius 1 is 0.536 bits per heavy atom. The number of hydrogen-bond acceptors (Lipinski definition) is 2. The molecule has 0 heterocycles. The SMILES string of the molecule is C/C=C\Oc1ccc2ccccc2c1-c1c(O/C=C\C)ccc2ccccc12. The van der Waals surface area contributed by atoms with Gasteiger partial charge in [0, 0.05) is 11.1 Å². The molecule has 2 heteroatoms. The molecular weight excluding hydrogens is 344 g/mol. The van der Waals surface area contributed by atoms with Gasteiger partial charge in [0.05, 0.1) is 12.5 Å². The summed E-state index contributed by atoms with van der Waals surface area (Å²) in [6, 6.07) is 25.0. The van der Waals surface area contributed by atoms with Gasteiger partial charge in [0.25, 0.3) is 0 Å². The molecule has 28 heavy (non-hydrogen) atoms. The Kier molecular flexibility index (Phi) is 5.11. The first-order valence-electron chi connectivity index (χ1n) is 9.43. The third-order valence-electron chi connectivity index (χ3n) is 4.69. The van der Waals surface area contributed by atoms with E-state index >= 15 is 0 Å². The second-order valence-corrected chi connectivity index (χ2v) is 6.49. The molecule has 0 saturated heterocycles. The number of hydrogen-bond donors (Lipinski definition) is 0. The third-order valence-corrected chi connectivity index (χ3v) is 4.69. The molecule has 0 radical (unpaired) electrons. The number of allylic oxidation sites excluding steroid dienone is 2. The van der Waals surface area contributed by atoms with E-state index in [-0.39, 0.29) is 0 Å². The molecule has 4 rings (SSSR count). The van der Waals surface area contributed by atoms with Crippen LogP contribution in [0.25, 0.3) is 32.7 Å². The summed E-state index contributed by atoms with van der Waals surface area (Å²) >= 11 is 0. The van der Waals surface area contributed by atoms with Crippen LogP contribution in [0.2, 0.25) is 0 Å². The maximum Gasteiger partial charge on any atom is 0.135 e. The zero-order chi connectivity index (χ0) is 19.3. The average Bonchev–Trinajstić information content (AvgIpc) is 2.75. The van der Waals surface area contributed by atoms with Gasteiger partial charge in [-0.2, -0.15) is 0 Å². The smallest absolute Gasteiger partial charge is 0.135 e. The van der Waals surface area contributed by atoms with Crippen LogP contribution >= 0.6 is 0 Å². The Labute approximate surface area is 165 Å². The van der Waals surface area contributed by atoms with E-state index in [1.807, 2.05) is 38.1 Å². The van der Waals surface area contributed by atoms with Crippen molar-refractivity contribution in [3.8, 4) is 22.6 Å². The van der Waals surface area contributed by atoms with Crippen LogP contribution < -0.4 is 9.47 Å². The second-order valence-electron chi connectivity index (χ2n) is 6.49. The molecule has 2 nitrogen and oxygen atoms in total. The highest BCUT2D eigenvalue weighted by Crippen LogP contribution is 2.45. The predicted octanol–water partition coefficient (Wildman–Crippen LogP) is 7.48. The molecule has 0 aliphatic carbocycles. The Bertz CT molecular complexity index is 1090. The molecule has 0 unspecified atom stereocenters. The van der Waals surface area contributed by atoms with E-state index in [9.17, 15) is 0 Å². The number of benzene rings is 4. The highest BCUT2D eigenvalue weighted by Gasteiger charge is 2.18. The molecule has 4 aromatic carbocycles. The lowest BCUT2D eigenvalue weighted by atomic mass is 9.92. The summed E-state index contributed by atoms with van der Waals surface area (Å²) in [4.78, 5) is 0. The Morgan fingerprint density at radius 2 is 0.964 bits per heavy atom. The average molecular weight is 366 g/mol. The standard InChI is InChI=1S/C26H22O2/c1-3-17-27-23-15-13-19-9-5-7-11-21(19)25(23)26-22-12-8-6-10-20(22)14-16-24(26)28-18-4-2/h3-18H,1-2H3/b17-3-,18-4-. The molecular formula is C26H22O2. The van der Waals surface area contributed by atoms with Crippen LogP contribution in [0.4, 0.5) is 0 Å². The molecule has 138 valence electrons. The topological polar surface area (TPSA) is 18.5 Å². The minimum Gasteiger partial charge on any atom is -0.465 e. The summed E-state index contributed by atoms with van der Waals surface area (Å²) < 4.78 is 12.0. The first-order valence-corrected chi connectivity index (χ1v) is 9.43. The van der Waals surface area contributed by atoms with Gasteiger partial charge < -0.3 is 9.47 Å². The summed E-state index contributed by atoms with van der Waals surface area (Å²) in [5.41, 5.74) is 2.07. The van der Waals surface area contributed by atoms with Crippen LogP contribution in [0.5, 0.6) is 11.5 Å². The highest BCUT2D eigenvalue weighted by molar-refractivity contribution is 6.09. The fourth-order valence-electron chi connectivity index (χ4n) is 3.50. The van der Waals surface area contributed by atoms with Gasteiger partial charge in [-0.25, -0.2) is 0 Å². The van der Waals surface area contributed by atoms with Gasteiger partial charge in [-0.3, -0.25) is 0 Å². The molecule has 0 N–H and O–H groups in total. The quantitative estimate of drug-likeness (QED) is 0.341. The first-order chi connectivity index (χ1) is 13.8. The van der Waals surface area contributed by atoms with Gasteiger partial charge in [0.2, 0.25) is 0 Å². The summed E-state index contributed by atoms with van der Waals surface area (Å²) in [7, 11) is 0. The van der Waals surface area contributed by atoms with E-state index in [0.29, 0.717) is 0 Å². The first kappa shape index (κ1) is 17.9. The molecule has 0 spiro atoms. The van der Waals surface area contributed by atoms with Gasteiger partial charge in [-0.15, -0.1) is 0 Å². The minimum absolute atomic E-state index is 0.804. The number of rotatable bonds is 5. The van der Waals surface area contributed by atoms with Crippen molar-refractivity contribution in [1.82, 2.24) is 0 Å². The van der Waals surface area contributed by atoms with Gasteiger partial charge in [-0.05, 0) is 47.5 Å². The molecule has 0 bridgehead atoms. The zero-order valence-electron chi connectivity index (χ0n) is 16.1. The van der Waals surface area contributed by atoms with Crippen molar-refractivity contribution < 1.29 is 9.47 Å². The van der Waals surface area contributed by atoms with Crippen LogP contribution in [0.15, 0.2) is 97.5 Å². The van der Waals surface area contributed by atoms with Crippen LogP contribution in [-0.2, 0) is 0 Å². The van der Waals surface area contributed by atoms with E-state index in [1.165, 1.54) is 0 Å². The van der Waals surface area contributed by atoms with E-state index in [1.54, 1.807) is 12.5 Å². The lowest BCUT2D eigenvalue weighted by Crippen LogP contribution is -1.94. The molecule has 0 amide bonds. The van der Waals surface area contributed by atoms with Crippen molar-refractivity contribution in [2.75, 3.05) is 0 Å². The Morgan fingerprint density at radius 3 is 1.39 bits per heavy atom. The van der Waals surface area contributed by atoms with Gasteiger partial charge >= 0.3 is 0 Å². The van der Waals surface area contributed by atoms with E-state index < -0.39 is 0 Å². The van der Waals surface area contributed by atoms with Crippen molar-refractivity contribution in [2.45, 2.75) is 13.8 Å². The normalized spacial score (nSPS) is 11.6. The summed E-state index contributed by atoms with van der Waals surface area (Å²) in [5.74, 6) is 1.61. The fourth-order valence-corrected chi connectivity index (χ4v) is 3.50. The largest absolute Gasteiger partial charge is 0.465 e. The lowest BCUT2D eigenvalue weighted by Gasteiger charge is -2.17. The van der Waals surface area contributed by atoms with Crippen molar-refractivity contribution >= 4 is 21.5 Å². The molecule has 0 saturated carbocycles. The fraction of sp³-hybridized carbons (Fsp3) is 0.0769. The molecule has 4 aromatic rings. The molecule has 0 aromatic heterocycles. The van der Waals surface area contributed by atoms with E-state index in [4.69, 9.17) is 9.47 Å². The Balaban J connectivity index is 2.12. The summed E-state index contributed by atoms with van der Waals surface area (Å²) in [6.07, 6.45) is 7.20. The lowest BCUT2D eigenvalue weighted by molar-refractivity contribution is 0.476.